The SMILES string of the molecule is CC(=O)/C(=C\c1ccc2c(c1)OCO2)C(=O)OCc1ccccc1. The molecule has 0 radical (unpaired) electrons. The van der Waals surface area contributed by atoms with Crippen molar-refractivity contribution in [1.29, 1.82) is 0 Å². The number of ether oxygens (including phenoxy) is 3. The van der Waals surface area contributed by atoms with E-state index in [0.29, 0.717) is 17.1 Å². The average molecular weight is 324 g/mol. The van der Waals surface area contributed by atoms with Gasteiger partial charge in [-0.05, 0) is 36.3 Å². The fourth-order valence-electron chi connectivity index (χ4n) is 2.27. The molecule has 0 amide bonds. The molecule has 2 aromatic carbocycles. The number of carbonyl (C=O) groups excluding carboxylic acids is 2. The van der Waals surface area contributed by atoms with Gasteiger partial charge in [-0.1, -0.05) is 36.4 Å². The number of rotatable bonds is 5. The lowest BCUT2D eigenvalue weighted by molar-refractivity contribution is -0.141. The topological polar surface area (TPSA) is 61.8 Å². The molecule has 2 aromatic rings. The van der Waals surface area contributed by atoms with E-state index in [1.54, 1.807) is 18.2 Å². The largest absolute Gasteiger partial charge is 0.457 e. The van der Waals surface area contributed by atoms with Gasteiger partial charge < -0.3 is 14.2 Å². The molecule has 1 aliphatic rings. The third-order valence-electron chi connectivity index (χ3n) is 3.52. The van der Waals surface area contributed by atoms with Crippen molar-refractivity contribution in [3.8, 4) is 11.5 Å². The number of carbonyl (C=O) groups is 2. The third-order valence-corrected chi connectivity index (χ3v) is 3.52. The number of ketones is 1. The Kier molecular flexibility index (Phi) is 4.61. The number of hydrogen-bond acceptors (Lipinski definition) is 5. The van der Waals surface area contributed by atoms with Gasteiger partial charge in [0, 0.05) is 0 Å². The van der Waals surface area contributed by atoms with Crippen LogP contribution < -0.4 is 9.47 Å². The van der Waals surface area contributed by atoms with E-state index in [1.165, 1.54) is 13.0 Å². The smallest absolute Gasteiger partial charge is 0.342 e. The van der Waals surface area contributed by atoms with Crippen LogP contribution in [0, 0.1) is 0 Å². The van der Waals surface area contributed by atoms with Crippen molar-refractivity contribution in [1.82, 2.24) is 0 Å². The minimum Gasteiger partial charge on any atom is -0.457 e. The minimum atomic E-state index is -0.649. The Hall–Kier alpha value is -3.08. The minimum absolute atomic E-state index is 0.00945. The second-order valence-electron chi connectivity index (χ2n) is 5.29. The van der Waals surface area contributed by atoms with Gasteiger partial charge in [0.15, 0.2) is 17.3 Å². The van der Waals surface area contributed by atoms with Crippen LogP contribution in [0.15, 0.2) is 54.1 Å². The van der Waals surface area contributed by atoms with Crippen LogP contribution in [0.25, 0.3) is 6.08 Å². The van der Waals surface area contributed by atoms with Crippen molar-refractivity contribution in [2.45, 2.75) is 13.5 Å². The standard InChI is InChI=1S/C19H16O5/c1-13(20)16(19(21)22-11-14-5-3-2-4-6-14)9-15-7-8-17-18(10-15)24-12-23-17/h2-10H,11-12H2,1H3/b16-9+. The van der Waals surface area contributed by atoms with Gasteiger partial charge in [-0.2, -0.15) is 0 Å². The average Bonchev–Trinajstić information content (AvgIpc) is 3.06. The summed E-state index contributed by atoms with van der Waals surface area (Å²) in [7, 11) is 0. The van der Waals surface area contributed by atoms with Gasteiger partial charge in [-0.15, -0.1) is 0 Å². The molecule has 24 heavy (non-hydrogen) atoms. The zero-order valence-electron chi connectivity index (χ0n) is 13.2. The van der Waals surface area contributed by atoms with E-state index in [-0.39, 0.29) is 24.8 Å². The quantitative estimate of drug-likeness (QED) is 0.366. The van der Waals surface area contributed by atoms with E-state index in [0.717, 1.165) is 5.56 Å². The molecule has 0 fully saturated rings. The van der Waals surface area contributed by atoms with Gasteiger partial charge in [0.25, 0.3) is 0 Å². The molecule has 0 atom stereocenters. The number of benzene rings is 2. The van der Waals surface area contributed by atoms with Gasteiger partial charge in [-0.25, -0.2) is 4.79 Å². The van der Waals surface area contributed by atoms with Crippen molar-refractivity contribution in [2.75, 3.05) is 6.79 Å². The van der Waals surface area contributed by atoms with Gasteiger partial charge >= 0.3 is 5.97 Å². The van der Waals surface area contributed by atoms with E-state index >= 15 is 0 Å². The number of esters is 1. The Labute approximate surface area is 139 Å². The molecule has 0 saturated carbocycles. The molecule has 0 aliphatic carbocycles. The van der Waals surface area contributed by atoms with Crippen LogP contribution in [0.3, 0.4) is 0 Å². The molecule has 0 N–H and O–H groups in total. The normalized spacial score (nSPS) is 12.8. The maximum Gasteiger partial charge on any atom is 0.342 e. The molecule has 0 saturated heterocycles. The summed E-state index contributed by atoms with van der Waals surface area (Å²) in [6, 6.07) is 14.5. The summed E-state index contributed by atoms with van der Waals surface area (Å²) >= 11 is 0. The second-order valence-corrected chi connectivity index (χ2v) is 5.29. The Balaban J connectivity index is 1.76. The van der Waals surface area contributed by atoms with Crippen molar-refractivity contribution < 1.29 is 23.8 Å². The van der Waals surface area contributed by atoms with Crippen LogP contribution in [0.5, 0.6) is 11.5 Å². The molecule has 0 aromatic heterocycles. The lowest BCUT2D eigenvalue weighted by atomic mass is 10.1. The first-order chi connectivity index (χ1) is 11.6. The summed E-state index contributed by atoms with van der Waals surface area (Å²) in [6.45, 7) is 1.62. The van der Waals surface area contributed by atoms with E-state index in [9.17, 15) is 9.59 Å². The predicted octanol–water partition coefficient (Wildman–Crippen LogP) is 3.13. The Morgan fingerprint density at radius 3 is 2.58 bits per heavy atom. The maximum absolute atomic E-state index is 12.2. The molecule has 0 unspecified atom stereocenters. The van der Waals surface area contributed by atoms with Crippen molar-refractivity contribution in [2.24, 2.45) is 0 Å². The van der Waals surface area contributed by atoms with E-state index in [2.05, 4.69) is 0 Å². The molecular formula is C19H16O5. The molecule has 5 nitrogen and oxygen atoms in total. The highest BCUT2D eigenvalue weighted by Crippen LogP contribution is 2.33. The summed E-state index contributed by atoms with van der Waals surface area (Å²) in [6.07, 6.45) is 1.50. The number of hydrogen-bond donors (Lipinski definition) is 0. The summed E-state index contributed by atoms with van der Waals surface area (Å²) in [5.41, 5.74) is 1.52. The Morgan fingerprint density at radius 1 is 1.08 bits per heavy atom. The Bertz CT molecular complexity index is 793. The second kappa shape index (κ2) is 7.00. The molecule has 1 heterocycles. The predicted molar refractivity (Wildman–Crippen MR) is 87.5 cm³/mol. The molecular weight excluding hydrogens is 308 g/mol. The highest BCUT2D eigenvalue weighted by atomic mass is 16.7. The van der Waals surface area contributed by atoms with Crippen LogP contribution in [0.1, 0.15) is 18.1 Å². The lowest BCUT2D eigenvalue weighted by Gasteiger charge is -2.07. The summed E-state index contributed by atoms with van der Waals surface area (Å²) in [4.78, 5) is 24.0. The van der Waals surface area contributed by atoms with Gasteiger partial charge in [0.1, 0.15) is 12.2 Å². The molecule has 3 rings (SSSR count). The van der Waals surface area contributed by atoms with E-state index < -0.39 is 5.97 Å². The van der Waals surface area contributed by atoms with Crippen molar-refractivity contribution in [3.63, 3.8) is 0 Å². The van der Waals surface area contributed by atoms with Crippen LogP contribution in [-0.2, 0) is 20.9 Å². The first kappa shape index (κ1) is 15.8. The summed E-state index contributed by atoms with van der Waals surface area (Å²) in [5, 5.41) is 0. The fourth-order valence-corrected chi connectivity index (χ4v) is 2.27. The van der Waals surface area contributed by atoms with Crippen molar-refractivity contribution in [3.05, 3.63) is 65.2 Å². The monoisotopic (exact) mass is 324 g/mol. The van der Waals surface area contributed by atoms with E-state index in [4.69, 9.17) is 14.2 Å². The molecule has 0 bridgehead atoms. The molecule has 0 spiro atoms. The number of Topliss-reactive ketones (excluding diaryl/α,β-unsaturated/α-hetero) is 1. The number of fused-ring (bicyclic) bond motifs is 1. The van der Waals surface area contributed by atoms with Gasteiger partial charge in [-0.3, -0.25) is 4.79 Å². The fraction of sp³-hybridized carbons (Fsp3) is 0.158. The van der Waals surface area contributed by atoms with E-state index in [1.807, 2.05) is 30.3 Å². The molecule has 122 valence electrons. The van der Waals surface area contributed by atoms with Crippen LogP contribution >= 0.6 is 0 Å². The van der Waals surface area contributed by atoms with Crippen LogP contribution in [0.2, 0.25) is 0 Å². The zero-order chi connectivity index (χ0) is 16.9. The first-order valence-corrected chi connectivity index (χ1v) is 7.47. The highest BCUT2D eigenvalue weighted by Gasteiger charge is 2.18. The third kappa shape index (κ3) is 3.63. The van der Waals surface area contributed by atoms with Gasteiger partial charge in [0.2, 0.25) is 6.79 Å². The summed E-state index contributed by atoms with van der Waals surface area (Å²) in [5.74, 6) is 0.224. The molecule has 1 aliphatic heterocycles. The van der Waals surface area contributed by atoms with Crippen molar-refractivity contribution >= 4 is 17.8 Å². The van der Waals surface area contributed by atoms with Gasteiger partial charge in [0.05, 0.1) is 0 Å². The maximum atomic E-state index is 12.2. The summed E-state index contributed by atoms with van der Waals surface area (Å²) < 4.78 is 15.8. The Morgan fingerprint density at radius 2 is 1.83 bits per heavy atom. The first-order valence-electron chi connectivity index (χ1n) is 7.47. The van der Waals surface area contributed by atoms with Crippen LogP contribution in [-0.4, -0.2) is 18.5 Å². The molecule has 5 heteroatoms. The zero-order valence-corrected chi connectivity index (χ0v) is 13.2. The highest BCUT2D eigenvalue weighted by molar-refractivity contribution is 6.19. The van der Waals surface area contributed by atoms with Crippen LogP contribution in [0.4, 0.5) is 0 Å². The lowest BCUT2D eigenvalue weighted by Crippen LogP contribution is -2.13.